The molecule has 0 N–H and O–H groups in total. The fourth-order valence-corrected chi connectivity index (χ4v) is 1.29. The van der Waals surface area contributed by atoms with Crippen LogP contribution in [0.2, 0.25) is 0 Å². The van der Waals surface area contributed by atoms with Crippen LogP contribution in [0.15, 0.2) is 0 Å². The third kappa shape index (κ3) is 3.16. The summed E-state index contributed by atoms with van der Waals surface area (Å²) in [5, 5.41) is 0.0188. The van der Waals surface area contributed by atoms with Gasteiger partial charge >= 0.3 is 0 Å². The van der Waals surface area contributed by atoms with Crippen molar-refractivity contribution in [3.63, 3.8) is 0 Å². The average Bonchev–Trinajstić information content (AvgIpc) is 2.37. The molecule has 2 atom stereocenters. The first-order chi connectivity index (χ1) is 5.34. The van der Waals surface area contributed by atoms with E-state index in [9.17, 15) is 0 Å². The highest BCUT2D eigenvalue weighted by atomic mass is 35.5. The monoisotopic (exact) mass is 198 g/mol. The molecule has 0 bridgehead atoms. The molecule has 0 aromatic rings. The first kappa shape index (κ1) is 9.59. The van der Waals surface area contributed by atoms with Gasteiger partial charge < -0.3 is 9.47 Å². The maximum Gasteiger partial charge on any atom is 0.173 e. The summed E-state index contributed by atoms with van der Waals surface area (Å²) in [6.07, 6.45) is 1.53. The van der Waals surface area contributed by atoms with E-state index in [4.69, 9.17) is 32.7 Å². The van der Waals surface area contributed by atoms with E-state index in [1.165, 1.54) is 0 Å². The second-order valence-electron chi connectivity index (χ2n) is 2.46. The molecule has 4 heteroatoms. The summed E-state index contributed by atoms with van der Waals surface area (Å²) in [5.41, 5.74) is 0. The third-order valence-corrected chi connectivity index (χ3v) is 2.22. The zero-order chi connectivity index (χ0) is 8.10. The molecule has 2 nitrogen and oxygen atoms in total. The molecule has 0 saturated carbocycles. The molecule has 0 spiro atoms. The standard InChI is InChI=1S/C7H12Cl2O2/c8-3-1-4-10-7-6(9)2-5-11-7/h6-7H,1-5H2. The summed E-state index contributed by atoms with van der Waals surface area (Å²) in [6, 6.07) is 0. The van der Waals surface area contributed by atoms with Crippen molar-refractivity contribution in [1.82, 2.24) is 0 Å². The van der Waals surface area contributed by atoms with Crippen LogP contribution in [0.4, 0.5) is 0 Å². The van der Waals surface area contributed by atoms with Crippen LogP contribution in [-0.2, 0) is 9.47 Å². The molecule has 0 aliphatic carbocycles. The van der Waals surface area contributed by atoms with Gasteiger partial charge in [-0.2, -0.15) is 0 Å². The van der Waals surface area contributed by atoms with E-state index in [1.54, 1.807) is 0 Å². The Hall–Kier alpha value is 0.500. The van der Waals surface area contributed by atoms with Crippen molar-refractivity contribution in [2.24, 2.45) is 0 Å². The topological polar surface area (TPSA) is 18.5 Å². The molecule has 1 aliphatic heterocycles. The van der Waals surface area contributed by atoms with Crippen LogP contribution in [0.3, 0.4) is 0 Å². The molecule has 1 rings (SSSR count). The highest BCUT2D eigenvalue weighted by molar-refractivity contribution is 6.21. The van der Waals surface area contributed by atoms with Crippen molar-refractivity contribution in [1.29, 1.82) is 0 Å². The lowest BCUT2D eigenvalue weighted by atomic mass is 10.3. The maximum absolute atomic E-state index is 5.87. The highest BCUT2D eigenvalue weighted by Crippen LogP contribution is 2.20. The van der Waals surface area contributed by atoms with Crippen molar-refractivity contribution < 1.29 is 9.47 Å². The molecule has 66 valence electrons. The number of rotatable bonds is 4. The Morgan fingerprint density at radius 1 is 1.55 bits per heavy atom. The molecule has 0 radical (unpaired) electrons. The van der Waals surface area contributed by atoms with Gasteiger partial charge in [0.15, 0.2) is 6.29 Å². The van der Waals surface area contributed by atoms with Gasteiger partial charge in [-0.3, -0.25) is 0 Å². The molecule has 11 heavy (non-hydrogen) atoms. The molecule has 1 saturated heterocycles. The quantitative estimate of drug-likeness (QED) is 0.509. The Morgan fingerprint density at radius 2 is 2.36 bits per heavy atom. The fourth-order valence-electron chi connectivity index (χ4n) is 0.944. The Bertz CT molecular complexity index is 111. The lowest BCUT2D eigenvalue weighted by molar-refractivity contribution is -0.108. The van der Waals surface area contributed by atoms with E-state index >= 15 is 0 Å². The Morgan fingerprint density at radius 3 is 2.91 bits per heavy atom. The molecule has 0 amide bonds. The van der Waals surface area contributed by atoms with Gasteiger partial charge in [-0.15, -0.1) is 23.2 Å². The minimum absolute atomic E-state index is 0.0188. The number of halogens is 2. The summed E-state index contributed by atoms with van der Waals surface area (Å²) < 4.78 is 10.5. The van der Waals surface area contributed by atoms with Crippen molar-refractivity contribution in [3.05, 3.63) is 0 Å². The zero-order valence-electron chi connectivity index (χ0n) is 6.26. The predicted molar refractivity (Wildman–Crippen MR) is 45.3 cm³/mol. The van der Waals surface area contributed by atoms with Crippen LogP contribution in [0.1, 0.15) is 12.8 Å². The number of ether oxygens (including phenoxy) is 2. The predicted octanol–water partition coefficient (Wildman–Crippen LogP) is 1.99. The maximum atomic E-state index is 5.87. The minimum Gasteiger partial charge on any atom is -0.351 e. The lowest BCUT2D eigenvalue weighted by Gasteiger charge is -2.13. The normalized spacial score (nSPS) is 31.1. The van der Waals surface area contributed by atoms with E-state index in [0.29, 0.717) is 19.1 Å². The average molecular weight is 199 g/mol. The summed E-state index contributed by atoms with van der Waals surface area (Å²) in [5.74, 6) is 0.625. The van der Waals surface area contributed by atoms with E-state index in [2.05, 4.69) is 0 Å². The van der Waals surface area contributed by atoms with Gasteiger partial charge in [-0.1, -0.05) is 0 Å². The number of alkyl halides is 2. The second-order valence-corrected chi connectivity index (χ2v) is 3.40. The van der Waals surface area contributed by atoms with Crippen LogP contribution in [0, 0.1) is 0 Å². The lowest BCUT2D eigenvalue weighted by Crippen LogP contribution is -2.20. The van der Waals surface area contributed by atoms with E-state index < -0.39 is 0 Å². The summed E-state index contributed by atoms with van der Waals surface area (Å²) in [6.45, 7) is 1.34. The smallest absolute Gasteiger partial charge is 0.173 e. The van der Waals surface area contributed by atoms with Crippen molar-refractivity contribution >= 4 is 23.2 Å². The zero-order valence-corrected chi connectivity index (χ0v) is 7.77. The molecule has 2 unspecified atom stereocenters. The van der Waals surface area contributed by atoms with Gasteiger partial charge in [-0.05, 0) is 12.8 Å². The van der Waals surface area contributed by atoms with Gasteiger partial charge in [0.05, 0.1) is 18.6 Å². The first-order valence-electron chi connectivity index (χ1n) is 3.78. The molecular formula is C7H12Cl2O2. The fraction of sp³-hybridized carbons (Fsp3) is 1.00. The Balaban J connectivity index is 2.05. The van der Waals surface area contributed by atoms with Crippen molar-refractivity contribution in [2.45, 2.75) is 24.5 Å². The molecule has 0 aromatic carbocycles. The highest BCUT2D eigenvalue weighted by Gasteiger charge is 2.26. The Kier molecular flexibility index (Phi) is 4.53. The van der Waals surface area contributed by atoms with Crippen LogP contribution in [0.5, 0.6) is 0 Å². The number of hydrogen-bond acceptors (Lipinski definition) is 2. The minimum atomic E-state index is -0.208. The summed E-state index contributed by atoms with van der Waals surface area (Å²) >= 11 is 11.3. The molecule has 0 aromatic heterocycles. The van der Waals surface area contributed by atoms with Crippen LogP contribution in [-0.4, -0.2) is 30.8 Å². The third-order valence-electron chi connectivity index (χ3n) is 1.53. The molecule has 1 aliphatic rings. The van der Waals surface area contributed by atoms with E-state index in [1.807, 2.05) is 0 Å². The first-order valence-corrected chi connectivity index (χ1v) is 4.75. The Labute approximate surface area is 76.8 Å². The van der Waals surface area contributed by atoms with Gasteiger partial charge in [0, 0.05) is 5.88 Å². The van der Waals surface area contributed by atoms with Crippen LogP contribution < -0.4 is 0 Å². The van der Waals surface area contributed by atoms with Crippen LogP contribution >= 0.6 is 23.2 Å². The molecular weight excluding hydrogens is 187 g/mol. The molecule has 1 fully saturated rings. The van der Waals surface area contributed by atoms with Crippen LogP contribution in [0.25, 0.3) is 0 Å². The number of hydrogen-bond donors (Lipinski definition) is 0. The second kappa shape index (κ2) is 5.20. The van der Waals surface area contributed by atoms with Gasteiger partial charge in [0.2, 0.25) is 0 Å². The molecule has 1 heterocycles. The SMILES string of the molecule is ClCCCOC1OCCC1Cl. The summed E-state index contributed by atoms with van der Waals surface area (Å²) in [7, 11) is 0. The summed E-state index contributed by atoms with van der Waals surface area (Å²) in [4.78, 5) is 0. The van der Waals surface area contributed by atoms with E-state index in [0.717, 1.165) is 12.8 Å². The largest absolute Gasteiger partial charge is 0.351 e. The van der Waals surface area contributed by atoms with Gasteiger partial charge in [-0.25, -0.2) is 0 Å². The van der Waals surface area contributed by atoms with Crippen molar-refractivity contribution in [2.75, 3.05) is 19.1 Å². The van der Waals surface area contributed by atoms with Gasteiger partial charge in [0.1, 0.15) is 0 Å². The van der Waals surface area contributed by atoms with Crippen molar-refractivity contribution in [3.8, 4) is 0 Å². The van der Waals surface area contributed by atoms with E-state index in [-0.39, 0.29) is 11.7 Å². The van der Waals surface area contributed by atoms with Gasteiger partial charge in [0.25, 0.3) is 0 Å².